The first kappa shape index (κ1) is 17.1. The second-order valence-electron chi connectivity index (χ2n) is 5.63. The molecular formula is C17H23NO5. The van der Waals surface area contributed by atoms with Crippen molar-refractivity contribution < 1.29 is 24.2 Å². The van der Waals surface area contributed by atoms with Crippen LogP contribution in [0.1, 0.15) is 26.2 Å². The number of hydrogen-bond acceptors (Lipinski definition) is 4. The number of rotatable bonds is 7. The van der Waals surface area contributed by atoms with Gasteiger partial charge < -0.3 is 19.5 Å². The summed E-state index contributed by atoms with van der Waals surface area (Å²) in [6, 6.07) is 7.12. The molecule has 1 fully saturated rings. The lowest BCUT2D eigenvalue weighted by Crippen LogP contribution is -2.44. The summed E-state index contributed by atoms with van der Waals surface area (Å²) in [5, 5.41) is 9.05. The van der Waals surface area contributed by atoms with Gasteiger partial charge >= 0.3 is 5.97 Å². The predicted molar refractivity (Wildman–Crippen MR) is 84.7 cm³/mol. The summed E-state index contributed by atoms with van der Waals surface area (Å²) in [7, 11) is 0. The van der Waals surface area contributed by atoms with Crippen LogP contribution in [-0.2, 0) is 9.59 Å². The number of benzene rings is 1. The number of likely N-dealkylation sites (tertiary alicyclic amines) is 1. The standard InChI is InChI=1S/C17H23NO5/c1-2-10-22-14-5-7-15(8-6-14)23-12-16(19)18-9-3-4-13(11-18)17(20)21/h5-8,13H,2-4,9-12H2,1H3,(H,20,21)/t13-/m0/s1. The van der Waals surface area contributed by atoms with Crippen molar-refractivity contribution >= 4 is 11.9 Å². The van der Waals surface area contributed by atoms with Crippen molar-refractivity contribution in [2.24, 2.45) is 5.92 Å². The highest BCUT2D eigenvalue weighted by molar-refractivity contribution is 5.79. The Kier molecular flexibility index (Phi) is 6.26. The van der Waals surface area contributed by atoms with Crippen LogP contribution in [0.2, 0.25) is 0 Å². The number of nitrogens with zero attached hydrogens (tertiary/aromatic N) is 1. The van der Waals surface area contributed by atoms with Crippen LogP contribution < -0.4 is 9.47 Å². The van der Waals surface area contributed by atoms with Gasteiger partial charge in [-0.2, -0.15) is 0 Å². The number of carboxylic acid groups (broad SMARTS) is 1. The van der Waals surface area contributed by atoms with Gasteiger partial charge in [-0.05, 0) is 43.5 Å². The van der Waals surface area contributed by atoms with E-state index in [1.54, 1.807) is 29.2 Å². The second-order valence-corrected chi connectivity index (χ2v) is 5.63. The molecule has 1 aliphatic rings. The first-order chi connectivity index (χ1) is 11.1. The van der Waals surface area contributed by atoms with Crippen LogP contribution in [0.5, 0.6) is 11.5 Å². The number of amides is 1. The fourth-order valence-electron chi connectivity index (χ4n) is 2.49. The topological polar surface area (TPSA) is 76.1 Å². The summed E-state index contributed by atoms with van der Waals surface area (Å²) in [6.07, 6.45) is 2.28. The Hall–Kier alpha value is -2.24. The maximum Gasteiger partial charge on any atom is 0.308 e. The molecule has 1 N–H and O–H groups in total. The zero-order chi connectivity index (χ0) is 16.7. The van der Waals surface area contributed by atoms with Crippen molar-refractivity contribution in [3.05, 3.63) is 24.3 Å². The van der Waals surface area contributed by atoms with E-state index in [1.807, 2.05) is 6.92 Å². The van der Waals surface area contributed by atoms with E-state index < -0.39 is 11.9 Å². The molecule has 6 nitrogen and oxygen atoms in total. The highest BCUT2D eigenvalue weighted by atomic mass is 16.5. The molecule has 1 amide bonds. The van der Waals surface area contributed by atoms with E-state index in [0.717, 1.165) is 12.2 Å². The van der Waals surface area contributed by atoms with Crippen LogP contribution in [0.4, 0.5) is 0 Å². The van der Waals surface area contributed by atoms with Gasteiger partial charge in [-0.1, -0.05) is 6.92 Å². The van der Waals surface area contributed by atoms with E-state index in [1.165, 1.54) is 0 Å². The summed E-state index contributed by atoms with van der Waals surface area (Å²) >= 11 is 0. The summed E-state index contributed by atoms with van der Waals surface area (Å²) in [5.41, 5.74) is 0. The summed E-state index contributed by atoms with van der Waals surface area (Å²) < 4.78 is 11.0. The smallest absolute Gasteiger partial charge is 0.308 e. The Morgan fingerprint density at radius 1 is 1.22 bits per heavy atom. The predicted octanol–water partition coefficient (Wildman–Crippen LogP) is 2.18. The molecule has 6 heteroatoms. The molecule has 126 valence electrons. The van der Waals surface area contributed by atoms with Gasteiger partial charge in [0.15, 0.2) is 6.61 Å². The molecule has 0 unspecified atom stereocenters. The fraction of sp³-hybridized carbons (Fsp3) is 0.529. The molecule has 1 aromatic carbocycles. The lowest BCUT2D eigenvalue weighted by atomic mass is 9.98. The third-order valence-corrected chi connectivity index (χ3v) is 3.78. The molecule has 1 heterocycles. The van der Waals surface area contributed by atoms with Gasteiger partial charge in [-0.3, -0.25) is 9.59 Å². The fourth-order valence-corrected chi connectivity index (χ4v) is 2.49. The van der Waals surface area contributed by atoms with Crippen molar-refractivity contribution in [1.29, 1.82) is 0 Å². The van der Waals surface area contributed by atoms with Crippen molar-refractivity contribution in [2.75, 3.05) is 26.3 Å². The zero-order valence-corrected chi connectivity index (χ0v) is 13.4. The monoisotopic (exact) mass is 321 g/mol. The number of carbonyl (C=O) groups excluding carboxylic acids is 1. The molecule has 0 bridgehead atoms. The maximum absolute atomic E-state index is 12.1. The molecule has 23 heavy (non-hydrogen) atoms. The maximum atomic E-state index is 12.1. The van der Waals surface area contributed by atoms with Gasteiger partial charge in [0.1, 0.15) is 11.5 Å². The molecule has 0 radical (unpaired) electrons. The van der Waals surface area contributed by atoms with Crippen molar-refractivity contribution in [2.45, 2.75) is 26.2 Å². The minimum atomic E-state index is -0.842. The molecular weight excluding hydrogens is 298 g/mol. The van der Waals surface area contributed by atoms with Crippen LogP contribution in [0.3, 0.4) is 0 Å². The molecule has 1 atom stereocenters. The van der Waals surface area contributed by atoms with Gasteiger partial charge in [0.05, 0.1) is 12.5 Å². The van der Waals surface area contributed by atoms with E-state index in [9.17, 15) is 9.59 Å². The molecule has 0 aromatic heterocycles. The third-order valence-electron chi connectivity index (χ3n) is 3.78. The highest BCUT2D eigenvalue weighted by Crippen LogP contribution is 2.19. The van der Waals surface area contributed by atoms with E-state index in [-0.39, 0.29) is 19.1 Å². The molecule has 0 spiro atoms. The Labute approximate surface area is 136 Å². The molecule has 2 rings (SSSR count). The van der Waals surface area contributed by atoms with Crippen LogP contribution >= 0.6 is 0 Å². The Morgan fingerprint density at radius 3 is 2.48 bits per heavy atom. The van der Waals surface area contributed by atoms with Gasteiger partial charge in [0.2, 0.25) is 0 Å². The van der Waals surface area contributed by atoms with Gasteiger partial charge in [-0.15, -0.1) is 0 Å². The first-order valence-electron chi connectivity index (χ1n) is 7.96. The number of carboxylic acids is 1. The average Bonchev–Trinajstić information content (AvgIpc) is 2.58. The Morgan fingerprint density at radius 2 is 1.87 bits per heavy atom. The minimum absolute atomic E-state index is 0.0818. The minimum Gasteiger partial charge on any atom is -0.494 e. The number of ether oxygens (including phenoxy) is 2. The third kappa shape index (κ3) is 5.16. The first-order valence-corrected chi connectivity index (χ1v) is 7.96. The number of aliphatic carboxylic acids is 1. The van der Waals surface area contributed by atoms with Crippen molar-refractivity contribution in [3.8, 4) is 11.5 Å². The van der Waals surface area contributed by atoms with Crippen LogP contribution in [0, 0.1) is 5.92 Å². The lowest BCUT2D eigenvalue weighted by Gasteiger charge is -2.30. The van der Waals surface area contributed by atoms with Crippen LogP contribution in [0.25, 0.3) is 0 Å². The Balaban J connectivity index is 1.80. The normalized spacial score (nSPS) is 17.6. The van der Waals surface area contributed by atoms with Crippen LogP contribution in [-0.4, -0.2) is 48.2 Å². The van der Waals surface area contributed by atoms with E-state index in [4.69, 9.17) is 14.6 Å². The summed E-state index contributed by atoms with van der Waals surface area (Å²) in [6.45, 7) is 3.48. The van der Waals surface area contributed by atoms with Gasteiger partial charge in [0.25, 0.3) is 5.91 Å². The molecule has 1 aliphatic heterocycles. The van der Waals surface area contributed by atoms with Crippen molar-refractivity contribution in [1.82, 2.24) is 4.90 Å². The van der Waals surface area contributed by atoms with E-state index in [0.29, 0.717) is 31.7 Å². The molecule has 1 saturated heterocycles. The van der Waals surface area contributed by atoms with Gasteiger partial charge in [-0.25, -0.2) is 0 Å². The van der Waals surface area contributed by atoms with E-state index in [2.05, 4.69) is 0 Å². The summed E-state index contributed by atoms with van der Waals surface area (Å²) in [4.78, 5) is 24.7. The number of hydrogen-bond donors (Lipinski definition) is 1. The summed E-state index contributed by atoms with van der Waals surface area (Å²) in [5.74, 6) is -0.129. The van der Waals surface area contributed by atoms with Crippen LogP contribution in [0.15, 0.2) is 24.3 Å². The van der Waals surface area contributed by atoms with Gasteiger partial charge in [0, 0.05) is 13.1 Å². The molecule has 0 saturated carbocycles. The van der Waals surface area contributed by atoms with E-state index >= 15 is 0 Å². The SMILES string of the molecule is CCCOc1ccc(OCC(=O)N2CCC[C@H](C(=O)O)C2)cc1. The lowest BCUT2D eigenvalue weighted by molar-refractivity contribution is -0.146. The van der Waals surface area contributed by atoms with Crippen molar-refractivity contribution in [3.63, 3.8) is 0 Å². The number of piperidine rings is 1. The quantitative estimate of drug-likeness (QED) is 0.833. The second kappa shape index (κ2) is 8.41. The molecule has 0 aliphatic carbocycles. The number of carbonyl (C=O) groups is 2. The Bertz CT molecular complexity index is 528. The average molecular weight is 321 g/mol. The molecule has 1 aromatic rings. The largest absolute Gasteiger partial charge is 0.494 e. The zero-order valence-electron chi connectivity index (χ0n) is 13.4. The highest BCUT2D eigenvalue weighted by Gasteiger charge is 2.28.